The Morgan fingerprint density at radius 3 is 2.85 bits per heavy atom. The third kappa shape index (κ3) is 2.54. The maximum absolute atomic E-state index is 12.9. The van der Waals surface area contributed by atoms with Crippen LogP contribution in [-0.2, 0) is 16.6 Å². The summed E-state index contributed by atoms with van der Waals surface area (Å²) in [7, 11) is -3.30. The minimum absolute atomic E-state index is 0.246. The lowest BCUT2D eigenvalue weighted by atomic mass is 10.1. The van der Waals surface area contributed by atoms with E-state index in [4.69, 9.17) is 0 Å². The van der Waals surface area contributed by atoms with Crippen LogP contribution in [0.3, 0.4) is 0 Å². The summed E-state index contributed by atoms with van der Waals surface area (Å²) < 4.78 is 27.5. The maximum atomic E-state index is 12.9. The highest BCUT2D eigenvalue weighted by molar-refractivity contribution is 7.89. The van der Waals surface area contributed by atoms with Gasteiger partial charge in [0.25, 0.3) is 0 Å². The van der Waals surface area contributed by atoms with Crippen molar-refractivity contribution < 1.29 is 8.42 Å². The molecule has 0 spiro atoms. The lowest BCUT2D eigenvalue weighted by Gasteiger charge is -2.26. The van der Waals surface area contributed by atoms with Gasteiger partial charge in [0, 0.05) is 30.1 Å². The van der Waals surface area contributed by atoms with Crippen LogP contribution < -0.4 is 5.32 Å². The average molecular weight is 314 g/mol. The van der Waals surface area contributed by atoms with Gasteiger partial charge in [-0.1, -0.05) is 13.8 Å². The Morgan fingerprint density at radius 2 is 2.25 bits per heavy atom. The SMILES string of the molecule is CC(C)NCc1sccc1S(=O)(=O)N1CC2CCC1C2. The molecule has 1 aromatic heterocycles. The fourth-order valence-electron chi connectivity index (χ4n) is 3.28. The van der Waals surface area contributed by atoms with Crippen LogP contribution in [0.2, 0.25) is 0 Å². The van der Waals surface area contributed by atoms with Crippen molar-refractivity contribution in [3.63, 3.8) is 0 Å². The summed E-state index contributed by atoms with van der Waals surface area (Å²) in [6.07, 6.45) is 3.29. The normalized spacial score (nSPS) is 26.8. The first kappa shape index (κ1) is 14.5. The van der Waals surface area contributed by atoms with Gasteiger partial charge in [-0.25, -0.2) is 8.42 Å². The molecule has 2 bridgehead atoms. The van der Waals surface area contributed by atoms with E-state index in [2.05, 4.69) is 19.2 Å². The molecule has 1 N–H and O–H groups in total. The molecule has 2 atom stereocenters. The molecule has 2 fully saturated rings. The van der Waals surface area contributed by atoms with E-state index in [1.165, 1.54) is 17.8 Å². The molecule has 1 aliphatic carbocycles. The van der Waals surface area contributed by atoms with Crippen molar-refractivity contribution in [3.05, 3.63) is 16.3 Å². The Bertz CT molecular complexity index is 580. The van der Waals surface area contributed by atoms with Crippen molar-refractivity contribution >= 4 is 21.4 Å². The van der Waals surface area contributed by atoms with Crippen LogP contribution in [0.25, 0.3) is 0 Å². The molecule has 112 valence electrons. The van der Waals surface area contributed by atoms with Crippen LogP contribution in [0.15, 0.2) is 16.3 Å². The number of hydrogen-bond donors (Lipinski definition) is 1. The minimum atomic E-state index is -3.30. The molecule has 1 saturated carbocycles. The van der Waals surface area contributed by atoms with E-state index in [9.17, 15) is 8.42 Å². The number of sulfonamides is 1. The summed E-state index contributed by atoms with van der Waals surface area (Å²) in [5, 5.41) is 5.20. The fourth-order valence-corrected chi connectivity index (χ4v) is 6.39. The molecule has 0 amide bonds. The van der Waals surface area contributed by atoms with Crippen molar-refractivity contribution in [2.75, 3.05) is 6.54 Å². The van der Waals surface area contributed by atoms with Gasteiger partial charge in [-0.3, -0.25) is 0 Å². The van der Waals surface area contributed by atoms with Crippen molar-refractivity contribution in [3.8, 4) is 0 Å². The van der Waals surface area contributed by atoms with Crippen molar-refractivity contribution in [2.45, 2.75) is 56.6 Å². The van der Waals surface area contributed by atoms with E-state index in [-0.39, 0.29) is 6.04 Å². The van der Waals surface area contributed by atoms with Gasteiger partial charge in [-0.05, 0) is 36.6 Å². The van der Waals surface area contributed by atoms with Gasteiger partial charge in [-0.2, -0.15) is 4.31 Å². The molecule has 0 aromatic carbocycles. The minimum Gasteiger partial charge on any atom is -0.310 e. The molecule has 0 radical (unpaired) electrons. The van der Waals surface area contributed by atoms with Gasteiger partial charge in [0.2, 0.25) is 10.0 Å². The monoisotopic (exact) mass is 314 g/mol. The second-order valence-corrected chi connectivity index (χ2v) is 9.01. The lowest BCUT2D eigenvalue weighted by molar-refractivity contribution is 0.333. The average Bonchev–Trinajstić information content (AvgIpc) is 3.11. The zero-order valence-corrected chi connectivity index (χ0v) is 13.6. The smallest absolute Gasteiger partial charge is 0.244 e. The highest BCUT2D eigenvalue weighted by Gasteiger charge is 2.44. The number of nitrogens with one attached hydrogen (secondary N) is 1. The molecular formula is C14H22N2O2S2. The first-order valence-electron chi connectivity index (χ1n) is 7.30. The Hall–Kier alpha value is -0.430. The van der Waals surface area contributed by atoms with Gasteiger partial charge in [0.15, 0.2) is 0 Å². The van der Waals surface area contributed by atoms with Crippen LogP contribution in [-0.4, -0.2) is 31.4 Å². The standard InChI is InChI=1S/C14H22N2O2S2/c1-10(2)15-8-13-14(5-6-19-13)20(17,18)16-9-11-3-4-12(16)7-11/h5-6,10-12,15H,3-4,7-9H2,1-2H3. The molecule has 20 heavy (non-hydrogen) atoms. The largest absolute Gasteiger partial charge is 0.310 e. The Morgan fingerprint density at radius 1 is 1.45 bits per heavy atom. The van der Waals surface area contributed by atoms with Gasteiger partial charge in [0.05, 0.1) is 4.90 Å². The second-order valence-electron chi connectivity index (χ2n) is 6.15. The van der Waals surface area contributed by atoms with E-state index >= 15 is 0 Å². The number of hydrogen-bond acceptors (Lipinski definition) is 4. The van der Waals surface area contributed by atoms with Crippen molar-refractivity contribution in [1.29, 1.82) is 0 Å². The summed E-state index contributed by atoms with van der Waals surface area (Å²) in [6.45, 7) is 5.49. The van der Waals surface area contributed by atoms with Crippen molar-refractivity contribution in [2.24, 2.45) is 5.92 Å². The quantitative estimate of drug-likeness (QED) is 0.908. The van der Waals surface area contributed by atoms with Crippen LogP contribution in [0.1, 0.15) is 38.0 Å². The first-order valence-corrected chi connectivity index (χ1v) is 9.62. The van der Waals surface area contributed by atoms with Crippen LogP contribution in [0.5, 0.6) is 0 Å². The Balaban J connectivity index is 1.83. The summed E-state index contributed by atoms with van der Waals surface area (Å²) >= 11 is 1.53. The lowest BCUT2D eigenvalue weighted by Crippen LogP contribution is -2.38. The number of nitrogens with zero attached hydrogens (tertiary/aromatic N) is 1. The topological polar surface area (TPSA) is 49.4 Å². The molecule has 2 aliphatic rings. The van der Waals surface area contributed by atoms with E-state index in [1.54, 1.807) is 10.4 Å². The molecule has 2 heterocycles. The molecular weight excluding hydrogens is 292 g/mol. The van der Waals surface area contributed by atoms with Gasteiger partial charge < -0.3 is 5.32 Å². The third-order valence-corrected chi connectivity index (χ3v) is 7.37. The van der Waals surface area contributed by atoms with E-state index in [0.717, 1.165) is 24.3 Å². The van der Waals surface area contributed by atoms with E-state index in [0.29, 0.717) is 23.4 Å². The van der Waals surface area contributed by atoms with Gasteiger partial charge >= 0.3 is 0 Å². The molecule has 2 unspecified atom stereocenters. The highest BCUT2D eigenvalue weighted by atomic mass is 32.2. The van der Waals surface area contributed by atoms with Crippen LogP contribution in [0.4, 0.5) is 0 Å². The zero-order valence-electron chi connectivity index (χ0n) is 12.0. The molecule has 4 nitrogen and oxygen atoms in total. The predicted octanol–water partition coefficient (Wildman–Crippen LogP) is 2.42. The first-order chi connectivity index (χ1) is 9.48. The van der Waals surface area contributed by atoms with Gasteiger partial charge in [0.1, 0.15) is 0 Å². The van der Waals surface area contributed by atoms with E-state index < -0.39 is 10.0 Å². The summed E-state index contributed by atoms with van der Waals surface area (Å²) in [5.74, 6) is 0.589. The Kier molecular flexibility index (Phi) is 3.92. The maximum Gasteiger partial charge on any atom is 0.244 e. The van der Waals surface area contributed by atoms with Crippen LogP contribution in [0, 0.1) is 5.92 Å². The predicted molar refractivity (Wildman–Crippen MR) is 81.3 cm³/mol. The number of fused-ring (bicyclic) bond motifs is 2. The second kappa shape index (κ2) is 5.40. The van der Waals surface area contributed by atoms with E-state index in [1.807, 2.05) is 5.38 Å². The Labute approximate surface area is 125 Å². The summed E-state index contributed by atoms with van der Waals surface area (Å²) in [6, 6.07) is 2.37. The fraction of sp³-hybridized carbons (Fsp3) is 0.714. The van der Waals surface area contributed by atoms with Gasteiger partial charge in [-0.15, -0.1) is 11.3 Å². The molecule has 6 heteroatoms. The van der Waals surface area contributed by atoms with Crippen LogP contribution >= 0.6 is 11.3 Å². The number of thiophene rings is 1. The summed E-state index contributed by atoms with van der Waals surface area (Å²) in [5.41, 5.74) is 0. The molecule has 1 saturated heterocycles. The highest BCUT2D eigenvalue weighted by Crippen LogP contribution is 2.41. The molecule has 1 aliphatic heterocycles. The molecule has 1 aromatic rings. The number of rotatable bonds is 5. The van der Waals surface area contributed by atoms with Crippen molar-refractivity contribution in [1.82, 2.24) is 9.62 Å². The molecule has 3 rings (SSSR count). The summed E-state index contributed by atoms with van der Waals surface area (Å²) in [4.78, 5) is 1.45. The zero-order chi connectivity index (χ0) is 14.3. The third-order valence-electron chi connectivity index (χ3n) is 4.32. The number of piperidine rings is 1.